The summed E-state index contributed by atoms with van der Waals surface area (Å²) in [7, 11) is 1.44. The van der Waals surface area contributed by atoms with Crippen LogP contribution in [0, 0.1) is 5.82 Å². The summed E-state index contributed by atoms with van der Waals surface area (Å²) in [6.07, 6.45) is 0. The highest BCUT2D eigenvalue weighted by atomic mass is 35.5. The van der Waals surface area contributed by atoms with E-state index in [0.717, 1.165) is 4.90 Å². The Kier molecular flexibility index (Phi) is 5.29. The number of rotatable bonds is 5. The van der Waals surface area contributed by atoms with Gasteiger partial charge >= 0.3 is 0 Å². The van der Waals surface area contributed by atoms with Crippen molar-refractivity contribution < 1.29 is 9.13 Å². The van der Waals surface area contributed by atoms with Gasteiger partial charge in [0.2, 0.25) is 0 Å². The van der Waals surface area contributed by atoms with Gasteiger partial charge in [0.1, 0.15) is 0 Å². The van der Waals surface area contributed by atoms with E-state index in [1.54, 1.807) is 18.2 Å². The molecule has 0 spiro atoms. The summed E-state index contributed by atoms with van der Waals surface area (Å²) >= 11 is 7.58. The second kappa shape index (κ2) is 6.97. The average Bonchev–Trinajstić information content (AvgIpc) is 2.46. The Balaban J connectivity index is 2.09. The molecule has 0 saturated heterocycles. The van der Waals surface area contributed by atoms with Gasteiger partial charge in [-0.25, -0.2) is 4.39 Å². The summed E-state index contributed by atoms with van der Waals surface area (Å²) in [4.78, 5) is 0.938. The third kappa shape index (κ3) is 3.45. The second-order valence-electron chi connectivity index (χ2n) is 4.21. The Hall–Kier alpha value is -1.23. The first-order valence-corrected chi connectivity index (χ1v) is 7.45. The fourth-order valence-corrected chi connectivity index (χ4v) is 3.02. The maximum Gasteiger partial charge on any atom is 0.169 e. The molecule has 0 aliphatic rings. The van der Waals surface area contributed by atoms with Crippen LogP contribution >= 0.6 is 23.4 Å². The molecule has 20 heavy (non-hydrogen) atoms. The lowest BCUT2D eigenvalue weighted by atomic mass is 10.1. The van der Waals surface area contributed by atoms with Gasteiger partial charge in [-0.2, -0.15) is 0 Å². The average molecular weight is 312 g/mol. The van der Waals surface area contributed by atoms with Crippen molar-refractivity contribution in [3.63, 3.8) is 0 Å². The monoisotopic (exact) mass is 311 g/mol. The van der Waals surface area contributed by atoms with Gasteiger partial charge in [0.05, 0.1) is 12.1 Å². The molecule has 0 amide bonds. The highest BCUT2D eigenvalue weighted by molar-refractivity contribution is 7.99. The zero-order valence-corrected chi connectivity index (χ0v) is 12.5. The van der Waals surface area contributed by atoms with Crippen LogP contribution in [0.3, 0.4) is 0 Å². The van der Waals surface area contributed by atoms with Gasteiger partial charge < -0.3 is 10.5 Å². The number of halogens is 2. The molecular formula is C15H15ClFNOS. The number of nitrogens with two attached hydrogens (primary N) is 1. The van der Waals surface area contributed by atoms with Crippen molar-refractivity contribution in [2.45, 2.75) is 10.9 Å². The van der Waals surface area contributed by atoms with Crippen LogP contribution in [0.2, 0.25) is 5.02 Å². The van der Waals surface area contributed by atoms with Gasteiger partial charge in [-0.15, -0.1) is 11.8 Å². The van der Waals surface area contributed by atoms with Gasteiger partial charge in [-0.1, -0.05) is 35.9 Å². The number of thioether (sulfide) groups is 1. The molecule has 1 unspecified atom stereocenters. The smallest absolute Gasteiger partial charge is 0.169 e. The summed E-state index contributed by atoms with van der Waals surface area (Å²) in [6.45, 7) is 0. The Bertz CT molecular complexity index is 594. The summed E-state index contributed by atoms with van der Waals surface area (Å²) < 4.78 is 19.0. The topological polar surface area (TPSA) is 35.2 Å². The second-order valence-corrected chi connectivity index (χ2v) is 5.68. The maximum atomic E-state index is 14.1. The molecule has 0 bridgehead atoms. The van der Waals surface area contributed by atoms with Crippen LogP contribution < -0.4 is 10.5 Å². The van der Waals surface area contributed by atoms with Gasteiger partial charge in [0, 0.05) is 22.3 Å². The fraction of sp³-hybridized carbons (Fsp3) is 0.200. The normalized spacial score (nSPS) is 12.2. The Morgan fingerprint density at radius 3 is 2.70 bits per heavy atom. The van der Waals surface area contributed by atoms with Crippen molar-refractivity contribution in [2.75, 3.05) is 12.9 Å². The van der Waals surface area contributed by atoms with Crippen molar-refractivity contribution in [3.05, 3.63) is 58.9 Å². The lowest BCUT2D eigenvalue weighted by Crippen LogP contribution is -2.15. The molecule has 2 aromatic rings. The lowest BCUT2D eigenvalue weighted by molar-refractivity contribution is 0.383. The highest BCUT2D eigenvalue weighted by Gasteiger charge is 2.15. The number of ether oxygens (including phenoxy) is 1. The van der Waals surface area contributed by atoms with Crippen molar-refractivity contribution in [1.82, 2.24) is 0 Å². The molecule has 0 saturated carbocycles. The minimum absolute atomic E-state index is 0.209. The lowest BCUT2D eigenvalue weighted by Gasteiger charge is -2.14. The third-order valence-electron chi connectivity index (χ3n) is 2.87. The molecule has 2 rings (SSSR count). The van der Waals surface area contributed by atoms with E-state index in [2.05, 4.69) is 0 Å². The summed E-state index contributed by atoms with van der Waals surface area (Å²) in [5, 5.41) is 0.677. The van der Waals surface area contributed by atoms with Crippen LogP contribution in [0.4, 0.5) is 4.39 Å². The van der Waals surface area contributed by atoms with Gasteiger partial charge in [-0.3, -0.25) is 0 Å². The van der Waals surface area contributed by atoms with E-state index in [-0.39, 0.29) is 5.75 Å². The Labute approximate surface area is 127 Å². The standard InChI is InChI=1S/C15H15ClFNOS/c1-19-13-7-4-5-10(15(13)17)12(18)9-20-14-8-3-2-6-11(14)16/h2-8,12H,9,18H2,1H3. The summed E-state index contributed by atoms with van der Waals surface area (Å²) in [5.74, 6) is 0.344. The Morgan fingerprint density at radius 2 is 2.00 bits per heavy atom. The number of methoxy groups -OCH3 is 1. The van der Waals surface area contributed by atoms with Crippen LogP contribution in [-0.2, 0) is 0 Å². The molecule has 0 aromatic heterocycles. The predicted molar refractivity (Wildman–Crippen MR) is 82.1 cm³/mol. The van der Waals surface area contributed by atoms with Crippen LogP contribution in [0.5, 0.6) is 5.75 Å². The minimum atomic E-state index is -0.425. The van der Waals surface area contributed by atoms with E-state index in [1.165, 1.54) is 18.9 Å². The van der Waals surface area contributed by atoms with E-state index in [9.17, 15) is 4.39 Å². The van der Waals surface area contributed by atoms with Crippen LogP contribution in [0.1, 0.15) is 11.6 Å². The molecule has 0 aliphatic carbocycles. The first-order valence-electron chi connectivity index (χ1n) is 6.08. The molecule has 0 aliphatic heterocycles. The molecule has 2 N–H and O–H groups in total. The van der Waals surface area contributed by atoms with Gasteiger partial charge in [-0.05, 0) is 18.2 Å². The summed E-state index contributed by atoms with van der Waals surface area (Å²) in [5.41, 5.74) is 6.51. The molecule has 0 fully saturated rings. The molecule has 1 atom stereocenters. The minimum Gasteiger partial charge on any atom is -0.494 e. The van der Waals surface area contributed by atoms with E-state index < -0.39 is 11.9 Å². The molecule has 2 aromatic carbocycles. The third-order valence-corrected chi connectivity index (χ3v) is 4.50. The molecular weight excluding hydrogens is 297 g/mol. The number of benzene rings is 2. The van der Waals surface area contributed by atoms with E-state index in [4.69, 9.17) is 22.1 Å². The van der Waals surface area contributed by atoms with Gasteiger partial charge in [0.25, 0.3) is 0 Å². The SMILES string of the molecule is COc1cccc(C(N)CSc2ccccc2Cl)c1F. The number of hydrogen-bond acceptors (Lipinski definition) is 3. The van der Waals surface area contributed by atoms with Crippen molar-refractivity contribution in [1.29, 1.82) is 0 Å². The van der Waals surface area contributed by atoms with Crippen molar-refractivity contribution in [3.8, 4) is 5.75 Å². The van der Waals surface area contributed by atoms with Crippen molar-refractivity contribution in [2.24, 2.45) is 5.73 Å². The predicted octanol–water partition coefficient (Wildman–Crippen LogP) is 4.28. The molecule has 0 radical (unpaired) electrons. The first kappa shape index (κ1) is 15.2. The maximum absolute atomic E-state index is 14.1. The van der Waals surface area contributed by atoms with E-state index >= 15 is 0 Å². The molecule has 106 valence electrons. The zero-order chi connectivity index (χ0) is 14.5. The van der Waals surface area contributed by atoms with Crippen LogP contribution in [0.15, 0.2) is 47.4 Å². The Morgan fingerprint density at radius 1 is 1.25 bits per heavy atom. The van der Waals surface area contributed by atoms with Crippen LogP contribution in [-0.4, -0.2) is 12.9 Å². The molecule has 0 heterocycles. The van der Waals surface area contributed by atoms with Crippen molar-refractivity contribution >= 4 is 23.4 Å². The quantitative estimate of drug-likeness (QED) is 0.837. The molecule has 5 heteroatoms. The van der Waals surface area contributed by atoms with E-state index in [1.807, 2.05) is 24.3 Å². The van der Waals surface area contributed by atoms with Crippen LogP contribution in [0.25, 0.3) is 0 Å². The van der Waals surface area contributed by atoms with Gasteiger partial charge in [0.15, 0.2) is 11.6 Å². The largest absolute Gasteiger partial charge is 0.494 e. The number of hydrogen-bond donors (Lipinski definition) is 1. The van der Waals surface area contributed by atoms with E-state index in [0.29, 0.717) is 16.3 Å². The first-order chi connectivity index (χ1) is 9.63. The zero-order valence-electron chi connectivity index (χ0n) is 11.0. The highest BCUT2D eigenvalue weighted by Crippen LogP contribution is 2.31. The summed E-state index contributed by atoms with van der Waals surface area (Å²) in [6, 6.07) is 12.1. The fourth-order valence-electron chi connectivity index (χ4n) is 1.80. The molecule has 2 nitrogen and oxygen atoms in total.